The molecule has 1 aromatic rings. The molecule has 3 rings (SSSR count). The second kappa shape index (κ2) is 11.8. The molecule has 1 aromatic carbocycles. The van der Waals surface area contributed by atoms with Gasteiger partial charge in [0.05, 0.1) is 5.92 Å². The van der Waals surface area contributed by atoms with Gasteiger partial charge in [-0.2, -0.15) is 11.8 Å². The molecular weight excluding hydrogens is 448 g/mol. The number of phenols is 1. The minimum atomic E-state index is -0.287. The highest BCUT2D eigenvalue weighted by molar-refractivity contribution is 7.99. The first-order chi connectivity index (χ1) is 16.1. The summed E-state index contributed by atoms with van der Waals surface area (Å²) < 4.78 is 10.9. The number of esters is 2. The van der Waals surface area contributed by atoms with E-state index in [-0.39, 0.29) is 28.7 Å². The smallest absolute Gasteiger partial charge is 0.314 e. The van der Waals surface area contributed by atoms with Crippen LogP contribution in [0.3, 0.4) is 0 Å². The normalized spacial score (nSPS) is 20.4. The van der Waals surface area contributed by atoms with Gasteiger partial charge in [0.2, 0.25) is 0 Å². The van der Waals surface area contributed by atoms with Crippen molar-refractivity contribution in [2.45, 2.75) is 103 Å². The first-order valence-corrected chi connectivity index (χ1v) is 14.1. The number of thioether (sulfide) groups is 1. The van der Waals surface area contributed by atoms with Crippen molar-refractivity contribution in [1.29, 1.82) is 0 Å². The highest BCUT2D eigenvalue weighted by atomic mass is 32.2. The lowest BCUT2D eigenvalue weighted by atomic mass is 9.66. The molecule has 0 radical (unpaired) electrons. The second-order valence-electron chi connectivity index (χ2n) is 10.8. The molecule has 0 spiro atoms. The van der Waals surface area contributed by atoms with Crippen molar-refractivity contribution in [3.05, 3.63) is 23.3 Å². The molecule has 0 aliphatic heterocycles. The molecule has 2 aliphatic carbocycles. The van der Waals surface area contributed by atoms with Crippen LogP contribution in [0.15, 0.2) is 12.1 Å². The fraction of sp³-hybridized carbons (Fsp3) is 0.714. The van der Waals surface area contributed by atoms with Gasteiger partial charge < -0.3 is 14.6 Å². The van der Waals surface area contributed by atoms with E-state index in [1.165, 1.54) is 19.8 Å². The van der Waals surface area contributed by atoms with Crippen LogP contribution >= 0.6 is 11.8 Å². The number of ether oxygens (including phenoxy) is 2. The third-order valence-corrected chi connectivity index (χ3v) is 9.01. The number of carbonyl (C=O) groups excluding carboxylic acids is 2. The molecule has 2 aliphatic rings. The summed E-state index contributed by atoms with van der Waals surface area (Å²) in [6.45, 7) is 8.12. The summed E-state index contributed by atoms with van der Waals surface area (Å²) in [5.74, 6) is 1.41. The van der Waals surface area contributed by atoms with Crippen molar-refractivity contribution in [3.63, 3.8) is 0 Å². The van der Waals surface area contributed by atoms with Crippen molar-refractivity contribution in [3.8, 4) is 11.5 Å². The van der Waals surface area contributed by atoms with Crippen LogP contribution in [-0.2, 0) is 25.2 Å². The molecule has 0 saturated heterocycles. The maximum Gasteiger partial charge on any atom is 0.314 e. The van der Waals surface area contributed by atoms with Crippen LogP contribution in [0, 0.1) is 5.92 Å². The Morgan fingerprint density at radius 1 is 0.971 bits per heavy atom. The van der Waals surface area contributed by atoms with Crippen LogP contribution in [0.25, 0.3) is 0 Å². The molecule has 1 N–H and O–H groups in total. The van der Waals surface area contributed by atoms with E-state index in [1.54, 1.807) is 11.8 Å². The van der Waals surface area contributed by atoms with Crippen molar-refractivity contribution in [2.75, 3.05) is 18.1 Å². The monoisotopic (exact) mass is 490 g/mol. The van der Waals surface area contributed by atoms with E-state index in [0.717, 1.165) is 62.5 Å². The van der Waals surface area contributed by atoms with E-state index >= 15 is 0 Å². The molecule has 6 heteroatoms. The molecule has 0 aromatic heterocycles. The lowest BCUT2D eigenvalue weighted by molar-refractivity contribution is -0.140. The Morgan fingerprint density at radius 2 is 1.47 bits per heavy atom. The molecule has 34 heavy (non-hydrogen) atoms. The van der Waals surface area contributed by atoms with E-state index < -0.39 is 0 Å². The summed E-state index contributed by atoms with van der Waals surface area (Å²) in [4.78, 5) is 23.8. The number of benzene rings is 1. The summed E-state index contributed by atoms with van der Waals surface area (Å²) in [5, 5.41) is 11.5. The Balaban J connectivity index is 1.80. The van der Waals surface area contributed by atoms with Gasteiger partial charge in [0, 0.05) is 29.6 Å². The minimum absolute atomic E-state index is 0.0945. The topological polar surface area (TPSA) is 72.8 Å². The van der Waals surface area contributed by atoms with Gasteiger partial charge in [0.15, 0.2) is 0 Å². The van der Waals surface area contributed by atoms with E-state index in [9.17, 15) is 14.7 Å². The van der Waals surface area contributed by atoms with Crippen LogP contribution in [-0.4, -0.2) is 35.2 Å². The summed E-state index contributed by atoms with van der Waals surface area (Å²) in [7, 11) is 0. The van der Waals surface area contributed by atoms with Crippen LogP contribution < -0.4 is 4.74 Å². The average Bonchev–Trinajstić information content (AvgIpc) is 2.80. The lowest BCUT2D eigenvalue weighted by Crippen LogP contribution is -2.29. The number of phenolic OH excluding ortho intramolecular Hbond substituents is 1. The average molecular weight is 491 g/mol. The molecule has 190 valence electrons. The fourth-order valence-corrected chi connectivity index (χ4v) is 6.44. The Kier molecular flexibility index (Phi) is 9.36. The zero-order valence-corrected chi connectivity index (χ0v) is 22.2. The number of rotatable bonds is 9. The molecule has 1 atom stereocenters. The Morgan fingerprint density at radius 3 is 1.94 bits per heavy atom. The molecule has 1 unspecified atom stereocenters. The van der Waals surface area contributed by atoms with Gasteiger partial charge in [0.1, 0.15) is 18.1 Å². The summed E-state index contributed by atoms with van der Waals surface area (Å²) in [5.41, 5.74) is 1.70. The van der Waals surface area contributed by atoms with Crippen LogP contribution in [0.4, 0.5) is 0 Å². The van der Waals surface area contributed by atoms with Crippen molar-refractivity contribution in [2.24, 2.45) is 5.92 Å². The van der Waals surface area contributed by atoms with Gasteiger partial charge in [-0.15, -0.1) is 0 Å². The fourth-order valence-electron chi connectivity index (χ4n) is 5.58. The first-order valence-electron chi connectivity index (χ1n) is 13.0. The van der Waals surface area contributed by atoms with E-state index in [4.69, 9.17) is 9.47 Å². The quantitative estimate of drug-likeness (QED) is 0.237. The molecule has 2 saturated carbocycles. The van der Waals surface area contributed by atoms with Crippen LogP contribution in [0.5, 0.6) is 11.5 Å². The Hall–Kier alpha value is -1.69. The molecule has 5 nitrogen and oxygen atoms in total. The van der Waals surface area contributed by atoms with Gasteiger partial charge >= 0.3 is 11.9 Å². The molecule has 0 amide bonds. The third-order valence-electron chi connectivity index (χ3n) is 7.82. The van der Waals surface area contributed by atoms with Crippen molar-refractivity contribution in [1.82, 2.24) is 0 Å². The molecule has 0 bridgehead atoms. The number of hydrogen-bond donors (Lipinski definition) is 1. The largest absolute Gasteiger partial charge is 0.507 e. The molecule has 0 heterocycles. The highest BCUT2D eigenvalue weighted by Gasteiger charge is 2.38. The van der Waals surface area contributed by atoms with Crippen molar-refractivity contribution >= 4 is 23.7 Å². The zero-order chi connectivity index (χ0) is 24.8. The summed E-state index contributed by atoms with van der Waals surface area (Å²) in [6.07, 6.45) is 11.3. The molecular formula is C28H42O5S. The number of carbonyl (C=O) groups is 2. The Labute approximate surface area is 209 Å². The molecule has 2 fully saturated rings. The van der Waals surface area contributed by atoms with Gasteiger partial charge in [-0.1, -0.05) is 59.3 Å². The Bertz CT molecular complexity index is 807. The van der Waals surface area contributed by atoms with Gasteiger partial charge in [-0.3, -0.25) is 9.59 Å². The van der Waals surface area contributed by atoms with Gasteiger partial charge in [0.25, 0.3) is 0 Å². The summed E-state index contributed by atoms with van der Waals surface area (Å²) in [6, 6.07) is 3.85. The maximum absolute atomic E-state index is 12.9. The number of aromatic hydroxyl groups is 1. The minimum Gasteiger partial charge on any atom is -0.507 e. The summed E-state index contributed by atoms with van der Waals surface area (Å²) >= 11 is 1.58. The second-order valence-corrected chi connectivity index (χ2v) is 12.0. The number of hydrogen-bond acceptors (Lipinski definition) is 6. The van der Waals surface area contributed by atoms with Gasteiger partial charge in [-0.25, -0.2) is 0 Å². The highest BCUT2D eigenvalue weighted by Crippen LogP contribution is 2.50. The third kappa shape index (κ3) is 6.71. The predicted molar refractivity (Wildman–Crippen MR) is 138 cm³/mol. The standard InChI is InChI=1S/C28H42O5S/c1-20(19-34-16-15-32-21(2)29)26(31)33-22-17-23(27(3)11-7-5-8-12-27)25(30)24(18-22)28(4)13-9-6-10-14-28/h17-18,20,30H,5-16,19H2,1-4H3. The van der Waals surface area contributed by atoms with Crippen LogP contribution in [0.2, 0.25) is 0 Å². The first kappa shape index (κ1) is 26.9. The van der Waals surface area contributed by atoms with E-state index in [1.807, 2.05) is 19.1 Å². The van der Waals surface area contributed by atoms with Gasteiger partial charge in [-0.05, 0) is 48.6 Å². The lowest BCUT2D eigenvalue weighted by Gasteiger charge is -2.39. The van der Waals surface area contributed by atoms with Crippen molar-refractivity contribution < 1.29 is 24.2 Å². The zero-order valence-electron chi connectivity index (χ0n) is 21.4. The van der Waals surface area contributed by atoms with E-state index in [2.05, 4.69) is 13.8 Å². The van der Waals surface area contributed by atoms with Crippen LogP contribution in [0.1, 0.15) is 103 Å². The van der Waals surface area contributed by atoms with E-state index in [0.29, 0.717) is 29.6 Å². The maximum atomic E-state index is 12.9. The SMILES string of the molecule is CC(=O)OCCSCC(C)C(=O)Oc1cc(C2(C)CCCCC2)c(O)c(C2(C)CCCCC2)c1. The predicted octanol–water partition coefficient (Wildman–Crippen LogP) is 6.67.